The number of pyridine rings is 1. The van der Waals surface area contributed by atoms with Crippen LogP contribution >= 0.6 is 0 Å². The lowest BCUT2D eigenvalue weighted by Crippen LogP contribution is -2.23. The van der Waals surface area contributed by atoms with Gasteiger partial charge in [-0.3, -0.25) is 4.98 Å². The fourth-order valence-electron chi connectivity index (χ4n) is 1.93. The summed E-state index contributed by atoms with van der Waals surface area (Å²) in [5, 5.41) is 8.66. The Bertz CT molecular complexity index is 612. The third-order valence-corrected chi connectivity index (χ3v) is 2.96. The Kier molecular flexibility index (Phi) is 4.26. The molecule has 1 aromatic carbocycles. The standard InChI is InChI=1S/C15H13F2N3/c1-20(7-5-12-4-2-3-6-19-12)15-13(16)8-11(10-18)9-14(15)17/h2-4,6,8-9H,5,7H2,1H3. The van der Waals surface area contributed by atoms with Gasteiger partial charge < -0.3 is 4.90 Å². The molecular weight excluding hydrogens is 260 g/mol. The van der Waals surface area contributed by atoms with Crippen LogP contribution in [0.5, 0.6) is 0 Å². The summed E-state index contributed by atoms with van der Waals surface area (Å²) in [5.74, 6) is -1.46. The number of halogens is 2. The molecule has 0 radical (unpaired) electrons. The van der Waals surface area contributed by atoms with Gasteiger partial charge in [-0.05, 0) is 24.3 Å². The van der Waals surface area contributed by atoms with E-state index in [0.29, 0.717) is 13.0 Å². The number of anilines is 1. The summed E-state index contributed by atoms with van der Waals surface area (Å²) in [6, 6.07) is 9.34. The minimum atomic E-state index is -0.731. The van der Waals surface area contributed by atoms with Gasteiger partial charge in [0, 0.05) is 31.9 Å². The first kappa shape index (κ1) is 13.9. The average Bonchev–Trinajstić information content (AvgIpc) is 2.45. The number of nitrogens with zero attached hydrogens (tertiary/aromatic N) is 3. The number of benzene rings is 1. The Morgan fingerprint density at radius 2 is 1.95 bits per heavy atom. The molecule has 0 atom stereocenters. The fourth-order valence-corrected chi connectivity index (χ4v) is 1.93. The van der Waals surface area contributed by atoms with Crippen molar-refractivity contribution in [2.75, 3.05) is 18.5 Å². The van der Waals surface area contributed by atoms with Crippen molar-refractivity contribution in [2.45, 2.75) is 6.42 Å². The monoisotopic (exact) mass is 273 g/mol. The van der Waals surface area contributed by atoms with Gasteiger partial charge in [0.2, 0.25) is 0 Å². The van der Waals surface area contributed by atoms with E-state index in [-0.39, 0.29) is 11.3 Å². The van der Waals surface area contributed by atoms with E-state index in [1.165, 1.54) is 4.90 Å². The van der Waals surface area contributed by atoms with Gasteiger partial charge in [-0.2, -0.15) is 5.26 Å². The van der Waals surface area contributed by atoms with Crippen LogP contribution in [0.25, 0.3) is 0 Å². The predicted octanol–water partition coefficient (Wildman–Crippen LogP) is 2.91. The number of hydrogen-bond donors (Lipinski definition) is 0. The molecular formula is C15H13F2N3. The van der Waals surface area contributed by atoms with Gasteiger partial charge in [0.1, 0.15) is 5.69 Å². The van der Waals surface area contributed by atoms with Gasteiger partial charge >= 0.3 is 0 Å². The van der Waals surface area contributed by atoms with Crippen LogP contribution in [0.2, 0.25) is 0 Å². The van der Waals surface area contributed by atoms with Gasteiger partial charge in [-0.1, -0.05) is 6.07 Å². The van der Waals surface area contributed by atoms with E-state index in [1.54, 1.807) is 19.3 Å². The first-order valence-corrected chi connectivity index (χ1v) is 6.12. The lowest BCUT2D eigenvalue weighted by Gasteiger charge is -2.20. The zero-order valence-electron chi connectivity index (χ0n) is 11.0. The summed E-state index contributed by atoms with van der Waals surface area (Å²) in [6.07, 6.45) is 2.26. The summed E-state index contributed by atoms with van der Waals surface area (Å²) in [5.41, 5.74) is 0.704. The first-order valence-electron chi connectivity index (χ1n) is 6.12. The molecule has 2 aromatic rings. The number of aromatic nitrogens is 1. The summed E-state index contributed by atoms with van der Waals surface area (Å²) < 4.78 is 27.7. The van der Waals surface area contributed by atoms with Crippen LogP contribution < -0.4 is 4.90 Å². The molecule has 0 N–H and O–H groups in total. The quantitative estimate of drug-likeness (QED) is 0.860. The highest BCUT2D eigenvalue weighted by Crippen LogP contribution is 2.24. The normalized spacial score (nSPS) is 10.1. The van der Waals surface area contributed by atoms with Crippen molar-refractivity contribution in [1.29, 1.82) is 5.26 Å². The molecule has 0 amide bonds. The van der Waals surface area contributed by atoms with Gasteiger partial charge in [-0.15, -0.1) is 0 Å². The molecule has 0 aliphatic rings. The highest BCUT2D eigenvalue weighted by atomic mass is 19.1. The molecule has 1 heterocycles. The molecule has 0 saturated heterocycles. The Hall–Kier alpha value is -2.48. The maximum atomic E-state index is 13.8. The third-order valence-electron chi connectivity index (χ3n) is 2.96. The molecule has 0 spiro atoms. The lowest BCUT2D eigenvalue weighted by molar-refractivity contribution is 0.575. The SMILES string of the molecule is CN(CCc1ccccn1)c1c(F)cc(C#N)cc1F. The van der Waals surface area contributed by atoms with Crippen molar-refractivity contribution in [3.05, 3.63) is 59.4 Å². The van der Waals surface area contributed by atoms with Crippen LogP contribution in [0.3, 0.4) is 0 Å². The molecule has 0 aliphatic carbocycles. The van der Waals surface area contributed by atoms with Crippen LogP contribution in [0.4, 0.5) is 14.5 Å². The number of hydrogen-bond acceptors (Lipinski definition) is 3. The summed E-state index contributed by atoms with van der Waals surface area (Å²) >= 11 is 0. The topological polar surface area (TPSA) is 39.9 Å². The van der Waals surface area contributed by atoms with E-state index in [1.807, 2.05) is 18.2 Å². The minimum Gasteiger partial charge on any atom is -0.369 e. The maximum Gasteiger partial charge on any atom is 0.150 e. The van der Waals surface area contributed by atoms with Crippen molar-refractivity contribution >= 4 is 5.69 Å². The fraction of sp³-hybridized carbons (Fsp3) is 0.200. The molecule has 102 valence electrons. The van der Waals surface area contributed by atoms with Crippen LogP contribution in [-0.2, 0) is 6.42 Å². The molecule has 1 aromatic heterocycles. The molecule has 0 unspecified atom stereocenters. The van der Waals surface area contributed by atoms with Crippen LogP contribution in [-0.4, -0.2) is 18.6 Å². The van der Waals surface area contributed by atoms with Crippen LogP contribution in [0.15, 0.2) is 36.5 Å². The van der Waals surface area contributed by atoms with Crippen molar-refractivity contribution in [2.24, 2.45) is 0 Å². The van der Waals surface area contributed by atoms with E-state index in [9.17, 15) is 8.78 Å². The first-order chi connectivity index (χ1) is 9.61. The Morgan fingerprint density at radius 3 is 2.50 bits per heavy atom. The molecule has 0 saturated carbocycles. The molecule has 3 nitrogen and oxygen atoms in total. The van der Waals surface area contributed by atoms with E-state index >= 15 is 0 Å². The van der Waals surface area contributed by atoms with Crippen molar-refractivity contribution in [3.63, 3.8) is 0 Å². The zero-order chi connectivity index (χ0) is 14.5. The zero-order valence-corrected chi connectivity index (χ0v) is 11.0. The van der Waals surface area contributed by atoms with E-state index in [4.69, 9.17) is 5.26 Å². The second-order valence-corrected chi connectivity index (χ2v) is 4.39. The third kappa shape index (κ3) is 3.09. The molecule has 0 bridgehead atoms. The Labute approximate surface area is 116 Å². The second-order valence-electron chi connectivity index (χ2n) is 4.39. The number of nitriles is 1. The number of likely N-dealkylation sites (N-methyl/N-ethyl adjacent to an activating group) is 1. The van der Waals surface area contributed by atoms with Gasteiger partial charge in [0.05, 0.1) is 11.6 Å². The lowest BCUT2D eigenvalue weighted by atomic mass is 10.1. The van der Waals surface area contributed by atoms with Crippen molar-refractivity contribution in [3.8, 4) is 6.07 Å². The van der Waals surface area contributed by atoms with E-state index < -0.39 is 11.6 Å². The molecule has 0 fully saturated rings. The Balaban J connectivity index is 2.14. The van der Waals surface area contributed by atoms with Crippen molar-refractivity contribution < 1.29 is 8.78 Å². The summed E-state index contributed by atoms with van der Waals surface area (Å²) in [4.78, 5) is 5.65. The average molecular weight is 273 g/mol. The van der Waals surface area contributed by atoms with Crippen LogP contribution in [0, 0.1) is 23.0 Å². The minimum absolute atomic E-state index is 0.0260. The van der Waals surface area contributed by atoms with Gasteiger partial charge in [0.25, 0.3) is 0 Å². The summed E-state index contributed by atoms with van der Waals surface area (Å²) in [6.45, 7) is 0.427. The largest absolute Gasteiger partial charge is 0.369 e. The maximum absolute atomic E-state index is 13.8. The predicted molar refractivity (Wildman–Crippen MR) is 72.3 cm³/mol. The van der Waals surface area contributed by atoms with Gasteiger partial charge in [-0.25, -0.2) is 8.78 Å². The highest BCUT2D eigenvalue weighted by molar-refractivity contribution is 5.52. The molecule has 2 rings (SSSR count). The molecule has 0 aliphatic heterocycles. The number of rotatable bonds is 4. The highest BCUT2D eigenvalue weighted by Gasteiger charge is 2.15. The van der Waals surface area contributed by atoms with E-state index in [2.05, 4.69) is 4.98 Å². The second kappa shape index (κ2) is 6.11. The van der Waals surface area contributed by atoms with E-state index in [0.717, 1.165) is 17.8 Å². The van der Waals surface area contributed by atoms with Crippen LogP contribution in [0.1, 0.15) is 11.3 Å². The van der Waals surface area contributed by atoms with Crippen molar-refractivity contribution in [1.82, 2.24) is 4.98 Å². The van der Waals surface area contributed by atoms with Gasteiger partial charge in [0.15, 0.2) is 11.6 Å². The molecule has 20 heavy (non-hydrogen) atoms. The Morgan fingerprint density at radius 1 is 1.25 bits per heavy atom. The smallest absolute Gasteiger partial charge is 0.150 e. The summed E-state index contributed by atoms with van der Waals surface area (Å²) in [7, 11) is 1.61. The molecule has 5 heteroatoms.